The maximum atomic E-state index is 14.2. The van der Waals surface area contributed by atoms with Crippen LogP contribution in [0.2, 0.25) is 0 Å². The minimum Gasteiger partial charge on any atom is -0.459 e. The minimum absolute atomic E-state index is 0.0148. The first-order valence-electron chi connectivity index (χ1n) is 20.8. The van der Waals surface area contributed by atoms with Crippen molar-refractivity contribution < 1.29 is 63.6 Å². The summed E-state index contributed by atoms with van der Waals surface area (Å²) in [4.78, 5) is 24.6. The van der Waals surface area contributed by atoms with Crippen molar-refractivity contribution in [3.8, 4) is 0 Å². The quantitative estimate of drug-likeness (QED) is 0.0446. The van der Waals surface area contributed by atoms with Gasteiger partial charge in [0.2, 0.25) is 0 Å². The summed E-state index contributed by atoms with van der Waals surface area (Å²) >= 11 is 0. The van der Waals surface area contributed by atoms with Crippen molar-refractivity contribution >= 4 is 11.7 Å². The molecule has 3 aliphatic heterocycles. The third kappa shape index (κ3) is 12.4. The molecular weight excluding hydrogens is 758 g/mol. The van der Waals surface area contributed by atoms with Gasteiger partial charge in [0.25, 0.3) is 0 Å². The highest BCUT2D eigenvalue weighted by Gasteiger charge is 2.51. The van der Waals surface area contributed by atoms with E-state index in [4.69, 9.17) is 38.8 Å². The van der Waals surface area contributed by atoms with Crippen LogP contribution < -0.4 is 0 Å². The van der Waals surface area contributed by atoms with Gasteiger partial charge in [0.05, 0.1) is 53.4 Å². The lowest BCUT2D eigenvalue weighted by molar-refractivity contribution is -0.307. The van der Waals surface area contributed by atoms with E-state index in [-0.39, 0.29) is 44.4 Å². The van der Waals surface area contributed by atoms with Crippen LogP contribution in [0.5, 0.6) is 0 Å². The normalized spacial score (nSPS) is 44.3. The molecule has 58 heavy (non-hydrogen) atoms. The number of carbonyl (C=O) groups excluding carboxylic acids is 1. The number of nitrogens with zero attached hydrogens (tertiary/aromatic N) is 5. The molecule has 6 unspecified atom stereocenters. The van der Waals surface area contributed by atoms with Crippen molar-refractivity contribution in [3.63, 3.8) is 0 Å². The van der Waals surface area contributed by atoms with Crippen molar-refractivity contribution in [2.45, 2.75) is 192 Å². The zero-order valence-corrected chi connectivity index (χ0v) is 36.7. The maximum Gasteiger partial charge on any atom is 0.311 e. The fourth-order valence-electron chi connectivity index (χ4n) is 8.52. The summed E-state index contributed by atoms with van der Waals surface area (Å²) in [7, 11) is 5.20. The van der Waals surface area contributed by atoms with E-state index >= 15 is 0 Å². The molecule has 17 atom stereocenters. The van der Waals surface area contributed by atoms with Gasteiger partial charge in [-0.3, -0.25) is 4.79 Å². The predicted molar refractivity (Wildman–Crippen MR) is 213 cm³/mol. The number of ether oxygens (including phenoxy) is 6. The minimum atomic E-state index is -1.96. The fraction of sp³-hybridized carbons (Fsp3) is 0.950. The lowest BCUT2D eigenvalue weighted by Gasteiger charge is -2.47. The summed E-state index contributed by atoms with van der Waals surface area (Å²) in [5.74, 6) is -3.23. The van der Waals surface area contributed by atoms with E-state index in [0.29, 0.717) is 31.5 Å². The predicted octanol–water partition coefficient (Wildman–Crippen LogP) is 3.43. The van der Waals surface area contributed by atoms with E-state index in [9.17, 15) is 30.3 Å². The van der Waals surface area contributed by atoms with Crippen LogP contribution in [0.4, 0.5) is 0 Å². The van der Waals surface area contributed by atoms with Crippen molar-refractivity contribution in [2.24, 2.45) is 28.0 Å². The first-order valence-corrected chi connectivity index (χ1v) is 20.8. The molecule has 0 aromatic rings. The molecule has 5 N–H and O–H groups in total. The highest BCUT2D eigenvalue weighted by molar-refractivity contribution is 5.88. The standard InChI is InChI=1S/C40H73N5O13/c1-13-29-40(9,51)34(47)25(5)32(43-53-17-15-14-16-42-44-41)22(2)20-38(7,50)30(58-37-33(46)27(45(10)11)18-23(3)54-37)19-28(24(4)36(49)57-29)56-31-21-39(8,52-12)35(48)26(6)55-31/h22-31,33-35,37,46-48,50-51H,13-21H2,1-12H3/b43-32+/t22-,23-,24-,25+,26?,27?,28+,29-,30-,31?,33?,34-,35?,37+,38-,39?,40-/m1/s1. The Morgan fingerprint density at radius 2 is 1.62 bits per heavy atom. The Balaban J connectivity index is 2.16. The van der Waals surface area contributed by atoms with Crippen molar-refractivity contribution in [2.75, 3.05) is 34.4 Å². The molecule has 18 heteroatoms. The SMILES string of the molecule is CC[C@H]1OC(=O)[C@H](C)[C@@H](OC2CC(C)(OC)C(O)C(C)O2)C[C@@H](O[C@@H]2O[C@H](C)CC(N(C)C)C2O)[C@](C)(O)C[C@@H](C)/C(=N\OCCCCN=[N+]=[N-])[C@H](C)[C@@H](O)[C@]1(C)O. The Kier molecular flexibility index (Phi) is 18.6. The van der Waals surface area contributed by atoms with Gasteiger partial charge in [0, 0.05) is 49.3 Å². The molecule has 0 aromatic carbocycles. The van der Waals surface area contributed by atoms with E-state index < -0.39 is 95.8 Å². The zero-order chi connectivity index (χ0) is 43.7. The number of cyclic esters (lactones) is 1. The molecule has 336 valence electrons. The summed E-state index contributed by atoms with van der Waals surface area (Å²) in [6.45, 7) is 15.6. The van der Waals surface area contributed by atoms with Gasteiger partial charge >= 0.3 is 5.97 Å². The molecule has 3 aliphatic rings. The van der Waals surface area contributed by atoms with Crippen molar-refractivity contribution in [1.82, 2.24) is 4.90 Å². The van der Waals surface area contributed by atoms with Crippen LogP contribution in [0.3, 0.4) is 0 Å². The molecule has 0 spiro atoms. The van der Waals surface area contributed by atoms with Crippen molar-refractivity contribution in [1.29, 1.82) is 0 Å². The number of esters is 1. The van der Waals surface area contributed by atoms with Gasteiger partial charge in [-0.05, 0) is 93.3 Å². The number of oxime groups is 1. The van der Waals surface area contributed by atoms with Crippen LogP contribution >= 0.6 is 0 Å². The molecule has 3 saturated heterocycles. The van der Waals surface area contributed by atoms with Gasteiger partial charge < -0.3 is 63.7 Å². The average molecular weight is 832 g/mol. The van der Waals surface area contributed by atoms with Gasteiger partial charge in [0.1, 0.15) is 30.5 Å². The first kappa shape index (κ1) is 50.2. The van der Waals surface area contributed by atoms with Crippen LogP contribution in [0.1, 0.15) is 107 Å². The van der Waals surface area contributed by atoms with Gasteiger partial charge in [-0.25, -0.2) is 0 Å². The van der Waals surface area contributed by atoms with E-state index in [1.165, 1.54) is 14.0 Å². The van der Waals surface area contributed by atoms with Crippen LogP contribution in [0, 0.1) is 17.8 Å². The molecule has 3 fully saturated rings. The second-order valence-electron chi connectivity index (χ2n) is 17.6. The Hall–Kier alpha value is -2.19. The van der Waals surface area contributed by atoms with Crippen LogP contribution in [0.15, 0.2) is 10.3 Å². The summed E-state index contributed by atoms with van der Waals surface area (Å²) < 4.78 is 37.3. The topological polar surface area (TPSA) is 247 Å². The Labute approximate surface area is 344 Å². The summed E-state index contributed by atoms with van der Waals surface area (Å²) in [6, 6.07) is -0.323. The van der Waals surface area contributed by atoms with Crippen molar-refractivity contribution in [3.05, 3.63) is 10.4 Å². The van der Waals surface area contributed by atoms with E-state index in [0.717, 1.165) is 0 Å². The molecule has 0 aliphatic carbocycles. The smallest absolute Gasteiger partial charge is 0.311 e. The van der Waals surface area contributed by atoms with Crippen LogP contribution in [0.25, 0.3) is 10.4 Å². The molecule has 0 radical (unpaired) electrons. The Morgan fingerprint density at radius 1 is 0.948 bits per heavy atom. The molecule has 0 aromatic heterocycles. The zero-order valence-electron chi connectivity index (χ0n) is 36.7. The highest BCUT2D eigenvalue weighted by Crippen LogP contribution is 2.39. The molecule has 3 rings (SSSR count). The largest absolute Gasteiger partial charge is 0.459 e. The third-order valence-corrected chi connectivity index (χ3v) is 12.5. The lowest BCUT2D eigenvalue weighted by atomic mass is 9.75. The number of hydrogen-bond donors (Lipinski definition) is 5. The molecule has 18 nitrogen and oxygen atoms in total. The van der Waals surface area contributed by atoms with Gasteiger partial charge in [-0.15, -0.1) is 0 Å². The molecule has 0 amide bonds. The molecule has 0 bridgehead atoms. The fourth-order valence-corrected chi connectivity index (χ4v) is 8.52. The maximum absolute atomic E-state index is 14.2. The first-order chi connectivity index (χ1) is 27.0. The number of likely N-dealkylation sites (N-methyl/N-ethyl adjacent to an activating group) is 1. The molecular formula is C40H73N5O13. The molecule has 0 saturated carbocycles. The lowest BCUT2D eigenvalue weighted by Crippen LogP contribution is -2.59. The van der Waals surface area contributed by atoms with E-state index in [1.807, 2.05) is 32.8 Å². The molecule has 3 heterocycles. The second kappa shape index (κ2) is 21.6. The number of hydrogen-bond acceptors (Lipinski definition) is 16. The number of rotatable bonds is 13. The number of methoxy groups -OCH3 is 1. The third-order valence-electron chi connectivity index (χ3n) is 12.5. The Morgan fingerprint density at radius 3 is 2.22 bits per heavy atom. The Bertz CT molecular complexity index is 1380. The van der Waals surface area contributed by atoms with Crippen LogP contribution in [-0.2, 0) is 38.1 Å². The van der Waals surface area contributed by atoms with Gasteiger partial charge in [-0.1, -0.05) is 31.0 Å². The summed E-state index contributed by atoms with van der Waals surface area (Å²) in [5.41, 5.74) is 4.18. The number of aliphatic hydroxyl groups excluding tert-OH is 3. The summed E-state index contributed by atoms with van der Waals surface area (Å²) in [5, 5.41) is 66.8. The van der Waals surface area contributed by atoms with Gasteiger partial charge in [-0.2, -0.15) is 0 Å². The van der Waals surface area contributed by atoms with Crippen LogP contribution in [-0.4, -0.2) is 161 Å². The number of carbonyl (C=O) groups is 1. The van der Waals surface area contributed by atoms with Gasteiger partial charge in [0.15, 0.2) is 12.6 Å². The summed E-state index contributed by atoms with van der Waals surface area (Å²) in [6.07, 6.45) is -8.38. The average Bonchev–Trinajstić information content (AvgIpc) is 3.15. The number of azide groups is 1. The second-order valence-corrected chi connectivity index (χ2v) is 17.6. The van der Waals surface area contributed by atoms with E-state index in [2.05, 4.69) is 15.2 Å². The number of aliphatic hydroxyl groups is 5. The van der Waals surface area contributed by atoms with E-state index in [1.54, 1.807) is 41.5 Å². The highest BCUT2D eigenvalue weighted by atomic mass is 16.7. The number of unbranched alkanes of at least 4 members (excludes halogenated alkanes) is 1. The monoisotopic (exact) mass is 832 g/mol.